The lowest BCUT2D eigenvalue weighted by atomic mass is 10.1. The number of nitrogens with one attached hydrogen (secondary N) is 1. The molecule has 0 heterocycles. The first kappa shape index (κ1) is 23.0. The van der Waals surface area contributed by atoms with Gasteiger partial charge in [0.05, 0.1) is 24.4 Å². The van der Waals surface area contributed by atoms with E-state index in [2.05, 4.69) is 5.32 Å². The third-order valence-electron chi connectivity index (χ3n) is 3.67. The summed E-state index contributed by atoms with van der Waals surface area (Å²) in [7, 11) is 3.15. The lowest BCUT2D eigenvalue weighted by Crippen LogP contribution is -2.34. The Morgan fingerprint density at radius 2 is 1.93 bits per heavy atom. The number of hydrogen-bond donors (Lipinski definition) is 2. The summed E-state index contributed by atoms with van der Waals surface area (Å²) >= 11 is 6.13. The summed E-state index contributed by atoms with van der Waals surface area (Å²) in [6.07, 6.45) is 1.20. The van der Waals surface area contributed by atoms with Crippen LogP contribution in [-0.4, -0.2) is 48.3 Å². The number of carbonyl (C=O) groups is 2. The lowest BCUT2D eigenvalue weighted by Gasteiger charge is -2.24. The van der Waals surface area contributed by atoms with Crippen LogP contribution < -0.4 is 10.1 Å². The van der Waals surface area contributed by atoms with Gasteiger partial charge in [-0.2, -0.15) is 0 Å². The molecule has 7 nitrogen and oxygen atoms in total. The van der Waals surface area contributed by atoms with Gasteiger partial charge in [-0.3, -0.25) is 4.79 Å². The number of carbonyl (C=O) groups excluding carboxylic acids is 2. The normalized spacial score (nSPS) is 11.1. The molecule has 0 unspecified atom stereocenters. The van der Waals surface area contributed by atoms with Crippen LogP contribution in [0.15, 0.2) is 12.1 Å². The molecule has 0 atom stereocenters. The highest BCUT2D eigenvalue weighted by molar-refractivity contribution is 6.33. The molecule has 0 spiro atoms. The Morgan fingerprint density at radius 1 is 1.26 bits per heavy atom. The van der Waals surface area contributed by atoms with Gasteiger partial charge in [0.1, 0.15) is 11.4 Å². The van der Waals surface area contributed by atoms with Crippen molar-refractivity contribution in [3.05, 3.63) is 22.7 Å². The first-order valence-corrected chi connectivity index (χ1v) is 9.16. The molecule has 0 radical (unpaired) electrons. The van der Waals surface area contributed by atoms with Crippen LogP contribution in [0.1, 0.15) is 45.6 Å². The summed E-state index contributed by atoms with van der Waals surface area (Å²) < 4.78 is 10.4. The van der Waals surface area contributed by atoms with Crippen LogP contribution in [0.3, 0.4) is 0 Å². The van der Waals surface area contributed by atoms with Gasteiger partial charge in [-0.15, -0.1) is 0 Å². The minimum absolute atomic E-state index is 0.185. The lowest BCUT2D eigenvalue weighted by molar-refractivity contribution is -0.116. The number of anilines is 1. The molecule has 1 rings (SSSR count). The first-order chi connectivity index (χ1) is 12.6. The van der Waals surface area contributed by atoms with Crippen molar-refractivity contribution in [2.24, 2.45) is 0 Å². The van der Waals surface area contributed by atoms with Gasteiger partial charge in [-0.25, -0.2) is 4.79 Å². The molecule has 0 saturated heterocycles. The van der Waals surface area contributed by atoms with Gasteiger partial charge in [0.2, 0.25) is 5.91 Å². The molecule has 0 bridgehead atoms. The molecule has 0 aromatic heterocycles. The average molecular weight is 401 g/mol. The second-order valence-corrected chi connectivity index (χ2v) is 7.62. The third-order valence-corrected chi connectivity index (χ3v) is 3.98. The molecule has 0 fully saturated rings. The van der Waals surface area contributed by atoms with Crippen LogP contribution in [0.5, 0.6) is 5.75 Å². The minimum Gasteiger partial charge on any atom is -0.496 e. The van der Waals surface area contributed by atoms with Crippen molar-refractivity contribution in [1.29, 1.82) is 0 Å². The summed E-state index contributed by atoms with van der Waals surface area (Å²) in [6, 6.07) is 3.15. The molecular formula is C19H29ClN2O5. The zero-order chi connectivity index (χ0) is 20.6. The molecule has 27 heavy (non-hydrogen) atoms. The molecule has 0 aliphatic rings. The topological polar surface area (TPSA) is 88.1 Å². The average Bonchev–Trinajstić information content (AvgIpc) is 2.58. The number of ether oxygens (including phenoxy) is 2. The maximum absolute atomic E-state index is 12.1. The number of benzene rings is 1. The van der Waals surface area contributed by atoms with Crippen molar-refractivity contribution in [3.8, 4) is 5.75 Å². The zero-order valence-corrected chi connectivity index (χ0v) is 17.4. The Bertz CT molecular complexity index is 658. The quantitative estimate of drug-likeness (QED) is 0.647. The predicted octanol–water partition coefficient (Wildman–Crippen LogP) is 3.82. The second kappa shape index (κ2) is 10.4. The summed E-state index contributed by atoms with van der Waals surface area (Å²) in [4.78, 5) is 25.5. The Morgan fingerprint density at radius 3 is 2.48 bits per heavy atom. The van der Waals surface area contributed by atoms with Crippen LogP contribution in [0.4, 0.5) is 10.5 Å². The Hall–Kier alpha value is -1.99. The fourth-order valence-corrected chi connectivity index (χ4v) is 2.52. The second-order valence-electron chi connectivity index (χ2n) is 7.21. The van der Waals surface area contributed by atoms with Gasteiger partial charge in [0.15, 0.2) is 0 Å². The van der Waals surface area contributed by atoms with Gasteiger partial charge in [-0.1, -0.05) is 11.6 Å². The molecule has 1 aromatic carbocycles. The molecule has 2 N–H and O–H groups in total. The maximum atomic E-state index is 12.1. The Balaban J connectivity index is 2.45. The molecule has 1 aromatic rings. The number of aliphatic hydroxyl groups is 1. The van der Waals surface area contributed by atoms with E-state index in [0.717, 1.165) is 0 Å². The molecule has 0 aliphatic heterocycles. The largest absolute Gasteiger partial charge is 0.496 e. The van der Waals surface area contributed by atoms with E-state index in [1.54, 1.807) is 19.2 Å². The van der Waals surface area contributed by atoms with Gasteiger partial charge in [0, 0.05) is 31.6 Å². The number of methoxy groups -OCH3 is 1. The highest BCUT2D eigenvalue weighted by Gasteiger charge is 2.19. The molecule has 2 amide bonds. The van der Waals surface area contributed by atoms with Gasteiger partial charge in [-0.05, 0) is 39.7 Å². The number of rotatable bonds is 8. The first-order valence-electron chi connectivity index (χ1n) is 8.78. The maximum Gasteiger partial charge on any atom is 0.410 e. The van der Waals surface area contributed by atoms with Crippen molar-refractivity contribution in [2.75, 3.05) is 26.0 Å². The fraction of sp³-hybridized carbons (Fsp3) is 0.579. The van der Waals surface area contributed by atoms with Crippen molar-refractivity contribution >= 4 is 29.3 Å². The van der Waals surface area contributed by atoms with Crippen molar-refractivity contribution < 1.29 is 24.2 Å². The fourth-order valence-electron chi connectivity index (χ4n) is 2.28. The Labute approximate surface area is 165 Å². The van der Waals surface area contributed by atoms with Crippen LogP contribution in [0.2, 0.25) is 5.02 Å². The zero-order valence-electron chi connectivity index (χ0n) is 16.6. The van der Waals surface area contributed by atoms with Crippen LogP contribution >= 0.6 is 11.6 Å². The minimum atomic E-state index is -0.531. The molecule has 0 aliphatic carbocycles. The van der Waals surface area contributed by atoms with E-state index in [-0.39, 0.29) is 18.6 Å². The van der Waals surface area contributed by atoms with Gasteiger partial charge in [0.25, 0.3) is 0 Å². The summed E-state index contributed by atoms with van der Waals surface area (Å²) in [5.74, 6) is 0.270. The van der Waals surface area contributed by atoms with Crippen molar-refractivity contribution in [2.45, 2.75) is 52.2 Å². The Kier molecular flexibility index (Phi) is 8.85. The molecule has 0 saturated carbocycles. The molecular weight excluding hydrogens is 372 g/mol. The third kappa shape index (κ3) is 8.05. The van der Waals surface area contributed by atoms with E-state index in [1.165, 1.54) is 12.0 Å². The predicted molar refractivity (Wildman–Crippen MR) is 105 cm³/mol. The summed E-state index contributed by atoms with van der Waals surface area (Å²) in [5.41, 5.74) is 0.448. The molecule has 8 heteroatoms. The number of aliphatic hydroxyl groups excluding tert-OH is 1. The van der Waals surface area contributed by atoms with Crippen molar-refractivity contribution in [3.63, 3.8) is 0 Å². The summed E-state index contributed by atoms with van der Waals surface area (Å²) in [6.45, 7) is 5.74. The number of nitrogens with zero attached hydrogens (tertiary/aromatic N) is 1. The smallest absolute Gasteiger partial charge is 0.410 e. The van der Waals surface area contributed by atoms with E-state index in [4.69, 9.17) is 21.1 Å². The number of hydrogen-bond acceptors (Lipinski definition) is 5. The van der Waals surface area contributed by atoms with E-state index in [1.807, 2.05) is 20.8 Å². The van der Waals surface area contributed by atoms with E-state index < -0.39 is 5.60 Å². The van der Waals surface area contributed by atoms with Crippen LogP contribution in [0.25, 0.3) is 0 Å². The number of amides is 2. The standard InChI is InChI=1S/C19H29ClN2O5/c1-19(2,3)27-18(25)22(4)9-7-6-8-17(24)21-15-11-16(26-5)13(12-23)10-14(15)20/h10-11,23H,6-9,12H2,1-5H3,(H,21,24). The van der Waals surface area contributed by atoms with E-state index >= 15 is 0 Å². The number of unbranched alkanes of at least 4 members (excludes halogenated alkanes) is 1. The molecule has 152 valence electrons. The SMILES string of the molecule is COc1cc(NC(=O)CCCCN(C)C(=O)OC(C)(C)C)c(Cl)cc1CO. The highest BCUT2D eigenvalue weighted by Crippen LogP contribution is 2.31. The number of halogens is 1. The summed E-state index contributed by atoms with van der Waals surface area (Å²) in [5, 5.41) is 12.3. The van der Waals surface area contributed by atoms with Crippen LogP contribution in [-0.2, 0) is 16.1 Å². The highest BCUT2D eigenvalue weighted by atomic mass is 35.5. The van der Waals surface area contributed by atoms with E-state index in [9.17, 15) is 14.7 Å². The van der Waals surface area contributed by atoms with E-state index in [0.29, 0.717) is 47.8 Å². The van der Waals surface area contributed by atoms with Gasteiger partial charge < -0.3 is 24.8 Å². The monoisotopic (exact) mass is 400 g/mol. The van der Waals surface area contributed by atoms with Gasteiger partial charge >= 0.3 is 6.09 Å². The van der Waals surface area contributed by atoms with Crippen LogP contribution in [0, 0.1) is 0 Å². The van der Waals surface area contributed by atoms with Crippen molar-refractivity contribution in [1.82, 2.24) is 4.90 Å².